The predicted octanol–water partition coefficient (Wildman–Crippen LogP) is 4.41. The van der Waals surface area contributed by atoms with Gasteiger partial charge in [-0.05, 0) is 57.2 Å². The molecule has 3 aromatic rings. The van der Waals surface area contributed by atoms with Gasteiger partial charge in [-0.2, -0.15) is 0 Å². The van der Waals surface area contributed by atoms with Gasteiger partial charge < -0.3 is 4.90 Å². The Bertz CT molecular complexity index is 1100. The van der Waals surface area contributed by atoms with Crippen molar-refractivity contribution in [3.8, 4) is 0 Å². The molecule has 4 rings (SSSR count). The molecule has 0 aliphatic heterocycles. The number of carbonyl (C=O) groups is 1. The summed E-state index contributed by atoms with van der Waals surface area (Å²) in [7, 11) is 1.76. The maximum atomic E-state index is 13.0. The van der Waals surface area contributed by atoms with E-state index in [-0.39, 0.29) is 23.3 Å². The Morgan fingerprint density at radius 2 is 1.97 bits per heavy atom. The van der Waals surface area contributed by atoms with E-state index in [9.17, 15) is 9.59 Å². The standard InChI is InChI=1S/C22H25N3O2S2/c1-14(2)25(15-9-5-4-6-10-15)18(26)13-28-22-23-20-19(21(27)24(22)3)16-11-7-8-12-17(16)29-20/h4-6,9-10,14H,7-8,11-13H2,1-3H3. The molecule has 0 fully saturated rings. The molecule has 2 aromatic heterocycles. The molecule has 0 radical (unpaired) electrons. The monoisotopic (exact) mass is 427 g/mol. The number of aryl methyl sites for hydroxylation is 2. The van der Waals surface area contributed by atoms with Gasteiger partial charge in [0.1, 0.15) is 4.83 Å². The highest BCUT2D eigenvalue weighted by Gasteiger charge is 2.23. The van der Waals surface area contributed by atoms with E-state index in [1.807, 2.05) is 44.2 Å². The third-order valence-electron chi connectivity index (χ3n) is 5.30. The van der Waals surface area contributed by atoms with Gasteiger partial charge in [0.2, 0.25) is 5.91 Å². The zero-order valence-electron chi connectivity index (χ0n) is 17.0. The summed E-state index contributed by atoms with van der Waals surface area (Å²) in [4.78, 5) is 34.7. The van der Waals surface area contributed by atoms with Crippen molar-refractivity contribution in [3.63, 3.8) is 0 Å². The van der Waals surface area contributed by atoms with E-state index in [0.717, 1.165) is 35.2 Å². The Hall–Kier alpha value is -2.12. The van der Waals surface area contributed by atoms with Gasteiger partial charge in [0.15, 0.2) is 5.16 Å². The van der Waals surface area contributed by atoms with Gasteiger partial charge in [-0.1, -0.05) is 30.0 Å². The van der Waals surface area contributed by atoms with Gasteiger partial charge in [-0.15, -0.1) is 11.3 Å². The molecule has 5 nitrogen and oxygen atoms in total. The van der Waals surface area contributed by atoms with Crippen molar-refractivity contribution in [2.45, 2.75) is 50.7 Å². The quantitative estimate of drug-likeness (QED) is 0.447. The molecular weight excluding hydrogens is 402 g/mol. The van der Waals surface area contributed by atoms with Crippen molar-refractivity contribution < 1.29 is 4.79 Å². The molecule has 1 aliphatic carbocycles. The number of amides is 1. The minimum Gasteiger partial charge on any atom is -0.309 e. The summed E-state index contributed by atoms with van der Waals surface area (Å²) < 4.78 is 1.60. The van der Waals surface area contributed by atoms with E-state index in [4.69, 9.17) is 4.98 Å². The lowest BCUT2D eigenvalue weighted by Crippen LogP contribution is -2.38. The molecule has 1 amide bonds. The van der Waals surface area contributed by atoms with E-state index in [1.54, 1.807) is 27.9 Å². The van der Waals surface area contributed by atoms with Crippen LogP contribution in [0.2, 0.25) is 0 Å². The molecule has 0 saturated heterocycles. The number of thiophene rings is 1. The summed E-state index contributed by atoms with van der Waals surface area (Å²) in [6.45, 7) is 4.01. The van der Waals surface area contributed by atoms with Crippen LogP contribution in [0.1, 0.15) is 37.1 Å². The average molecular weight is 428 g/mol. The van der Waals surface area contributed by atoms with Crippen LogP contribution in [0.15, 0.2) is 40.3 Å². The Morgan fingerprint density at radius 1 is 1.24 bits per heavy atom. The van der Waals surface area contributed by atoms with Gasteiger partial charge >= 0.3 is 0 Å². The second-order valence-electron chi connectivity index (χ2n) is 7.63. The number of hydrogen-bond acceptors (Lipinski definition) is 5. The van der Waals surface area contributed by atoms with Crippen LogP contribution in [0.5, 0.6) is 0 Å². The van der Waals surface area contributed by atoms with Crippen molar-refractivity contribution >= 4 is 44.9 Å². The van der Waals surface area contributed by atoms with Crippen LogP contribution in [-0.4, -0.2) is 27.3 Å². The summed E-state index contributed by atoms with van der Waals surface area (Å²) in [5.74, 6) is 0.250. The Morgan fingerprint density at radius 3 is 2.69 bits per heavy atom. The first-order valence-electron chi connectivity index (χ1n) is 9.98. The van der Waals surface area contributed by atoms with Crippen LogP contribution in [0.3, 0.4) is 0 Å². The largest absolute Gasteiger partial charge is 0.309 e. The Kier molecular flexibility index (Phi) is 5.79. The highest BCUT2D eigenvalue weighted by molar-refractivity contribution is 7.99. The van der Waals surface area contributed by atoms with E-state index < -0.39 is 0 Å². The second-order valence-corrected chi connectivity index (χ2v) is 9.66. The summed E-state index contributed by atoms with van der Waals surface area (Å²) in [6.07, 6.45) is 4.33. The fourth-order valence-electron chi connectivity index (χ4n) is 3.91. The van der Waals surface area contributed by atoms with Crippen LogP contribution in [0.4, 0.5) is 5.69 Å². The second kappa shape index (κ2) is 8.32. The smallest absolute Gasteiger partial charge is 0.262 e. The van der Waals surface area contributed by atoms with E-state index >= 15 is 0 Å². The van der Waals surface area contributed by atoms with Gasteiger partial charge in [0, 0.05) is 23.7 Å². The fourth-order valence-corrected chi connectivity index (χ4v) is 6.04. The molecule has 0 unspecified atom stereocenters. The van der Waals surface area contributed by atoms with Crippen LogP contribution >= 0.6 is 23.1 Å². The average Bonchev–Trinajstić information content (AvgIpc) is 3.08. The zero-order chi connectivity index (χ0) is 20.5. The fraction of sp³-hybridized carbons (Fsp3) is 0.409. The maximum absolute atomic E-state index is 13.0. The van der Waals surface area contributed by atoms with E-state index in [0.29, 0.717) is 5.16 Å². The van der Waals surface area contributed by atoms with Crippen LogP contribution in [0.25, 0.3) is 10.2 Å². The lowest BCUT2D eigenvalue weighted by molar-refractivity contribution is -0.116. The lowest BCUT2D eigenvalue weighted by atomic mass is 9.97. The zero-order valence-corrected chi connectivity index (χ0v) is 18.6. The molecule has 29 heavy (non-hydrogen) atoms. The van der Waals surface area contributed by atoms with Gasteiger partial charge in [0.25, 0.3) is 5.56 Å². The van der Waals surface area contributed by atoms with Gasteiger partial charge in [-0.3, -0.25) is 14.2 Å². The number of fused-ring (bicyclic) bond motifs is 3. The van der Waals surface area contributed by atoms with Crippen LogP contribution in [0, 0.1) is 0 Å². The van der Waals surface area contributed by atoms with Crippen LogP contribution < -0.4 is 10.5 Å². The van der Waals surface area contributed by atoms with E-state index in [2.05, 4.69) is 0 Å². The molecule has 2 heterocycles. The van der Waals surface area contributed by atoms with Gasteiger partial charge in [-0.25, -0.2) is 4.98 Å². The van der Waals surface area contributed by atoms with Crippen molar-refractivity contribution in [1.82, 2.24) is 9.55 Å². The third-order valence-corrected chi connectivity index (χ3v) is 7.50. The number of rotatable bonds is 5. The summed E-state index contributed by atoms with van der Waals surface area (Å²) in [5.41, 5.74) is 2.09. The molecular formula is C22H25N3O2S2. The SMILES string of the molecule is CC(C)N(C(=O)CSc1nc2sc3c(c2c(=O)n1C)CCCC3)c1ccccc1. The van der Waals surface area contributed by atoms with Crippen molar-refractivity contribution in [2.24, 2.45) is 7.05 Å². The molecule has 152 valence electrons. The molecule has 7 heteroatoms. The number of benzene rings is 1. The minimum atomic E-state index is 0.00752. The molecule has 0 atom stereocenters. The highest BCUT2D eigenvalue weighted by Crippen LogP contribution is 2.34. The molecule has 0 bridgehead atoms. The number of nitrogens with zero attached hydrogens (tertiary/aromatic N) is 3. The molecule has 0 saturated carbocycles. The normalized spacial score (nSPS) is 13.7. The molecule has 1 aliphatic rings. The maximum Gasteiger partial charge on any atom is 0.262 e. The summed E-state index contributed by atoms with van der Waals surface area (Å²) in [5, 5.41) is 1.39. The first kappa shape index (κ1) is 20.2. The number of para-hydroxylation sites is 1. The lowest BCUT2D eigenvalue weighted by Gasteiger charge is -2.26. The van der Waals surface area contributed by atoms with Crippen LogP contribution in [-0.2, 0) is 24.7 Å². The highest BCUT2D eigenvalue weighted by atomic mass is 32.2. The number of aromatic nitrogens is 2. The number of carbonyl (C=O) groups excluding carboxylic acids is 1. The molecule has 0 N–H and O–H groups in total. The Labute approximate surface area is 178 Å². The number of thioether (sulfide) groups is 1. The van der Waals surface area contributed by atoms with Gasteiger partial charge in [0.05, 0.1) is 11.1 Å². The topological polar surface area (TPSA) is 55.2 Å². The van der Waals surface area contributed by atoms with E-state index in [1.165, 1.54) is 28.6 Å². The first-order chi connectivity index (χ1) is 14.0. The third kappa shape index (κ3) is 3.85. The first-order valence-corrected chi connectivity index (χ1v) is 11.8. The number of anilines is 1. The molecule has 0 spiro atoms. The summed E-state index contributed by atoms with van der Waals surface area (Å²) >= 11 is 2.98. The van der Waals surface area contributed by atoms with Crippen molar-refractivity contribution in [3.05, 3.63) is 51.1 Å². The number of hydrogen-bond donors (Lipinski definition) is 0. The Balaban J connectivity index is 1.60. The summed E-state index contributed by atoms with van der Waals surface area (Å²) in [6, 6.07) is 9.74. The predicted molar refractivity (Wildman–Crippen MR) is 121 cm³/mol. The molecule has 1 aromatic carbocycles. The minimum absolute atomic E-state index is 0.00752. The van der Waals surface area contributed by atoms with Crippen molar-refractivity contribution in [2.75, 3.05) is 10.7 Å². The van der Waals surface area contributed by atoms with Crippen molar-refractivity contribution in [1.29, 1.82) is 0 Å².